The average molecular weight is 388 g/mol. The molecule has 0 N–H and O–H groups in total. The quantitative estimate of drug-likeness (QED) is 0.533. The van der Waals surface area contributed by atoms with Crippen molar-refractivity contribution < 1.29 is 9.53 Å². The molecule has 1 amide bonds. The van der Waals surface area contributed by atoms with E-state index in [4.69, 9.17) is 4.74 Å². The maximum Gasteiger partial charge on any atom is 0.282 e. The molecule has 6 nitrogen and oxygen atoms in total. The number of anilines is 2. The average Bonchev–Trinajstić information content (AvgIpc) is 3.24. The van der Waals surface area contributed by atoms with Gasteiger partial charge in [0.25, 0.3) is 5.91 Å². The summed E-state index contributed by atoms with van der Waals surface area (Å²) in [6.07, 6.45) is 9.29. The number of para-hydroxylation sites is 2. The smallest absolute Gasteiger partial charge is 0.282 e. The number of unbranched alkanes of at least 4 members (excludes halogenated alkanes) is 2. The molecule has 0 bridgehead atoms. The van der Waals surface area contributed by atoms with Crippen molar-refractivity contribution in [3.05, 3.63) is 72.3 Å². The van der Waals surface area contributed by atoms with Gasteiger partial charge in [0.1, 0.15) is 0 Å². The third kappa shape index (κ3) is 3.78. The van der Waals surface area contributed by atoms with E-state index in [1.54, 1.807) is 12.3 Å². The SMILES string of the molecule is CCCCCC1=NN(c2ccccn2)C(=O)/C1=C\C=C1\Oc2ccccc2N1C. The van der Waals surface area contributed by atoms with Gasteiger partial charge in [0.05, 0.1) is 17.0 Å². The molecule has 0 unspecified atom stereocenters. The molecule has 2 aromatic rings. The van der Waals surface area contributed by atoms with Crippen molar-refractivity contribution in [3.63, 3.8) is 0 Å². The summed E-state index contributed by atoms with van der Waals surface area (Å²) in [5.41, 5.74) is 2.39. The highest BCUT2D eigenvalue weighted by Gasteiger charge is 2.31. The Morgan fingerprint density at radius 1 is 1.07 bits per heavy atom. The van der Waals surface area contributed by atoms with Crippen molar-refractivity contribution in [2.24, 2.45) is 5.10 Å². The number of allylic oxidation sites excluding steroid dienone is 2. The summed E-state index contributed by atoms with van der Waals surface area (Å²) in [4.78, 5) is 19.3. The highest BCUT2D eigenvalue weighted by atomic mass is 16.5. The van der Waals surface area contributed by atoms with E-state index in [9.17, 15) is 4.79 Å². The summed E-state index contributed by atoms with van der Waals surface area (Å²) in [6.45, 7) is 2.16. The van der Waals surface area contributed by atoms with Crippen LogP contribution in [0.4, 0.5) is 11.5 Å². The van der Waals surface area contributed by atoms with Crippen molar-refractivity contribution in [2.75, 3.05) is 17.0 Å². The normalized spacial score (nSPS) is 18.4. The Bertz CT molecular complexity index is 995. The third-order valence-corrected chi connectivity index (χ3v) is 5.00. The van der Waals surface area contributed by atoms with Gasteiger partial charge >= 0.3 is 0 Å². The number of pyridine rings is 1. The number of fused-ring (bicyclic) bond motifs is 1. The van der Waals surface area contributed by atoms with Crippen LogP contribution in [0.25, 0.3) is 0 Å². The number of nitrogens with zero attached hydrogens (tertiary/aromatic N) is 4. The Labute approximate surface area is 170 Å². The second-order valence-electron chi connectivity index (χ2n) is 7.02. The fourth-order valence-corrected chi connectivity index (χ4v) is 3.41. The molecule has 6 heteroatoms. The number of hydrogen-bond acceptors (Lipinski definition) is 5. The molecule has 0 aliphatic carbocycles. The van der Waals surface area contributed by atoms with Crippen LogP contribution < -0.4 is 14.6 Å². The maximum absolute atomic E-state index is 13.1. The third-order valence-electron chi connectivity index (χ3n) is 5.00. The van der Waals surface area contributed by atoms with Crippen molar-refractivity contribution >= 4 is 23.1 Å². The highest BCUT2D eigenvalue weighted by Crippen LogP contribution is 2.37. The van der Waals surface area contributed by atoms with E-state index >= 15 is 0 Å². The van der Waals surface area contributed by atoms with Gasteiger partial charge in [-0.05, 0) is 49.3 Å². The van der Waals surface area contributed by atoms with E-state index in [0.717, 1.165) is 42.8 Å². The van der Waals surface area contributed by atoms with Gasteiger partial charge in [-0.1, -0.05) is 38.0 Å². The molecule has 1 aromatic heterocycles. The van der Waals surface area contributed by atoms with E-state index < -0.39 is 0 Å². The zero-order chi connectivity index (χ0) is 20.2. The molecule has 0 spiro atoms. The van der Waals surface area contributed by atoms with Crippen LogP contribution >= 0.6 is 0 Å². The first-order chi connectivity index (χ1) is 14.2. The fourth-order valence-electron chi connectivity index (χ4n) is 3.41. The summed E-state index contributed by atoms with van der Waals surface area (Å²) in [7, 11) is 1.95. The topological polar surface area (TPSA) is 58.0 Å². The number of aromatic nitrogens is 1. The summed E-state index contributed by atoms with van der Waals surface area (Å²) >= 11 is 0. The van der Waals surface area contributed by atoms with Gasteiger partial charge in [0, 0.05) is 13.2 Å². The second-order valence-corrected chi connectivity index (χ2v) is 7.02. The monoisotopic (exact) mass is 388 g/mol. The van der Waals surface area contributed by atoms with E-state index in [1.807, 2.05) is 60.5 Å². The summed E-state index contributed by atoms with van der Waals surface area (Å²) in [5, 5.41) is 5.97. The lowest BCUT2D eigenvalue weighted by Crippen LogP contribution is -2.22. The number of carbonyl (C=O) groups is 1. The zero-order valence-corrected chi connectivity index (χ0v) is 16.7. The molecule has 2 aliphatic rings. The molecule has 4 rings (SSSR count). The van der Waals surface area contributed by atoms with Gasteiger partial charge in [-0.3, -0.25) is 4.79 Å². The van der Waals surface area contributed by atoms with Crippen LogP contribution in [0.3, 0.4) is 0 Å². The minimum Gasteiger partial charge on any atom is -0.439 e. The number of amides is 1. The molecule has 3 heterocycles. The van der Waals surface area contributed by atoms with Gasteiger partial charge in [-0.2, -0.15) is 10.1 Å². The predicted octanol–water partition coefficient (Wildman–Crippen LogP) is 4.66. The fraction of sp³-hybridized carbons (Fsp3) is 0.261. The molecule has 0 atom stereocenters. The molecule has 0 saturated heterocycles. The van der Waals surface area contributed by atoms with Gasteiger partial charge in [0.15, 0.2) is 17.5 Å². The van der Waals surface area contributed by atoms with Gasteiger partial charge < -0.3 is 9.64 Å². The van der Waals surface area contributed by atoms with Gasteiger partial charge in [-0.15, -0.1) is 0 Å². The molecule has 1 aromatic carbocycles. The number of benzene rings is 1. The summed E-state index contributed by atoms with van der Waals surface area (Å²) in [6, 6.07) is 13.3. The maximum atomic E-state index is 13.1. The van der Waals surface area contributed by atoms with Crippen molar-refractivity contribution in [3.8, 4) is 5.75 Å². The Morgan fingerprint density at radius 3 is 2.66 bits per heavy atom. The van der Waals surface area contributed by atoms with Gasteiger partial charge in [-0.25, -0.2) is 4.98 Å². The predicted molar refractivity (Wildman–Crippen MR) is 115 cm³/mol. The van der Waals surface area contributed by atoms with Crippen molar-refractivity contribution in [2.45, 2.75) is 32.6 Å². The standard InChI is InChI=1S/C23H24N4O2/c1-3-4-5-10-18-17(23(28)27(25-18)21-13-8-9-16-24-21)14-15-22-26(2)19-11-6-7-12-20(19)29-22/h6-9,11-16H,3-5,10H2,1-2H3/b17-14-,22-15+. The summed E-state index contributed by atoms with van der Waals surface area (Å²) < 4.78 is 5.92. The summed E-state index contributed by atoms with van der Waals surface area (Å²) in [5.74, 6) is 1.86. The lowest BCUT2D eigenvalue weighted by molar-refractivity contribution is -0.114. The Balaban J connectivity index is 1.62. The van der Waals surface area contributed by atoms with E-state index in [1.165, 1.54) is 5.01 Å². The molecule has 29 heavy (non-hydrogen) atoms. The highest BCUT2D eigenvalue weighted by molar-refractivity contribution is 6.30. The van der Waals surface area contributed by atoms with Crippen LogP contribution in [0.1, 0.15) is 32.6 Å². The van der Waals surface area contributed by atoms with Crippen LogP contribution in [-0.2, 0) is 4.79 Å². The van der Waals surface area contributed by atoms with Crippen LogP contribution in [0, 0.1) is 0 Å². The molecule has 0 saturated carbocycles. The van der Waals surface area contributed by atoms with E-state index in [2.05, 4.69) is 17.0 Å². The van der Waals surface area contributed by atoms with Crippen molar-refractivity contribution in [1.29, 1.82) is 0 Å². The van der Waals surface area contributed by atoms with Crippen LogP contribution in [0.2, 0.25) is 0 Å². The largest absolute Gasteiger partial charge is 0.439 e. The van der Waals surface area contributed by atoms with Crippen LogP contribution in [0.5, 0.6) is 5.75 Å². The minimum absolute atomic E-state index is 0.162. The van der Waals surface area contributed by atoms with Crippen LogP contribution in [0.15, 0.2) is 77.4 Å². The minimum atomic E-state index is -0.162. The Morgan fingerprint density at radius 2 is 1.90 bits per heavy atom. The zero-order valence-electron chi connectivity index (χ0n) is 16.7. The first-order valence-corrected chi connectivity index (χ1v) is 9.95. The molecule has 2 aliphatic heterocycles. The first kappa shape index (κ1) is 18.9. The van der Waals surface area contributed by atoms with Gasteiger partial charge in [0.2, 0.25) is 0 Å². The molecular formula is C23H24N4O2. The number of hydrogen-bond donors (Lipinski definition) is 0. The second kappa shape index (κ2) is 8.31. The Hall–Kier alpha value is -3.41. The first-order valence-electron chi connectivity index (χ1n) is 9.95. The number of hydrazone groups is 1. The van der Waals surface area contributed by atoms with Crippen LogP contribution in [-0.4, -0.2) is 23.7 Å². The van der Waals surface area contributed by atoms with E-state index in [0.29, 0.717) is 17.3 Å². The lowest BCUT2D eigenvalue weighted by Gasteiger charge is -2.10. The molecule has 148 valence electrons. The molecule has 0 fully saturated rings. The van der Waals surface area contributed by atoms with Crippen molar-refractivity contribution in [1.82, 2.24) is 4.98 Å². The molecular weight excluding hydrogens is 364 g/mol. The van der Waals surface area contributed by atoms with E-state index in [-0.39, 0.29) is 5.91 Å². The number of ether oxygens (including phenoxy) is 1. The molecule has 0 radical (unpaired) electrons. The number of carbonyl (C=O) groups excluding carboxylic acids is 1. The lowest BCUT2D eigenvalue weighted by atomic mass is 10.0. The number of rotatable bonds is 6. The Kier molecular flexibility index (Phi) is 5.42.